The van der Waals surface area contributed by atoms with E-state index in [0.29, 0.717) is 10.3 Å². The van der Waals surface area contributed by atoms with Crippen LogP contribution in [-0.2, 0) is 0 Å². The Hall–Kier alpha value is -1.56. The lowest BCUT2D eigenvalue weighted by Crippen LogP contribution is -1.94. The fourth-order valence-electron chi connectivity index (χ4n) is 1.83. The van der Waals surface area contributed by atoms with Gasteiger partial charge in [0, 0.05) is 9.79 Å². The molecule has 0 aliphatic carbocycles. The van der Waals surface area contributed by atoms with E-state index >= 15 is 0 Å². The summed E-state index contributed by atoms with van der Waals surface area (Å²) in [5.74, 6) is 0. The molecular weight excluding hydrogens is 346 g/mol. The van der Waals surface area contributed by atoms with Gasteiger partial charge in [0.1, 0.15) is 0 Å². The molecule has 0 N–H and O–H groups in total. The van der Waals surface area contributed by atoms with E-state index in [1.807, 2.05) is 24.3 Å². The molecule has 0 saturated heterocycles. The largest absolute Gasteiger partial charge is 0.227 e. The maximum Gasteiger partial charge on any atom is 0.227 e. The highest BCUT2D eigenvalue weighted by molar-refractivity contribution is 7.99. The molecule has 0 saturated carbocycles. The van der Waals surface area contributed by atoms with Gasteiger partial charge in [0.05, 0.1) is 0 Å². The maximum atomic E-state index is 6.04. The zero-order valence-electron chi connectivity index (χ0n) is 12.7. The molecule has 0 aliphatic heterocycles. The first-order valence-electron chi connectivity index (χ1n) is 6.99. The number of aromatic nitrogens is 3. The molecule has 0 amide bonds. The van der Waals surface area contributed by atoms with Crippen LogP contribution in [-0.4, -0.2) is 15.0 Å². The van der Waals surface area contributed by atoms with Crippen molar-refractivity contribution in [2.24, 2.45) is 0 Å². The number of aryl methyl sites for hydroxylation is 2. The third-order valence-electron chi connectivity index (χ3n) is 3.03. The van der Waals surface area contributed by atoms with Crippen LogP contribution in [0.1, 0.15) is 11.1 Å². The average Bonchev–Trinajstić information content (AvgIpc) is 2.51. The lowest BCUT2D eigenvalue weighted by Gasteiger charge is -2.04. The summed E-state index contributed by atoms with van der Waals surface area (Å²) in [4.78, 5) is 15.0. The van der Waals surface area contributed by atoms with E-state index < -0.39 is 0 Å². The Morgan fingerprint density at radius 1 is 0.652 bits per heavy atom. The third kappa shape index (κ3) is 4.70. The van der Waals surface area contributed by atoms with Crippen LogP contribution >= 0.6 is 35.1 Å². The molecule has 6 heteroatoms. The second kappa shape index (κ2) is 7.34. The van der Waals surface area contributed by atoms with Crippen LogP contribution in [0.15, 0.2) is 68.6 Å². The van der Waals surface area contributed by atoms with E-state index in [-0.39, 0.29) is 5.28 Å². The van der Waals surface area contributed by atoms with Crippen molar-refractivity contribution >= 4 is 35.1 Å². The molecule has 2 aromatic carbocycles. The Balaban J connectivity index is 1.81. The van der Waals surface area contributed by atoms with Crippen molar-refractivity contribution in [3.8, 4) is 0 Å². The Labute approximate surface area is 148 Å². The fraction of sp³-hybridized carbons (Fsp3) is 0.118. The summed E-state index contributed by atoms with van der Waals surface area (Å²) < 4.78 is 0. The first kappa shape index (κ1) is 16.3. The molecule has 0 fully saturated rings. The smallest absolute Gasteiger partial charge is 0.196 e. The van der Waals surface area contributed by atoms with Gasteiger partial charge >= 0.3 is 0 Å². The number of nitrogens with zero attached hydrogens (tertiary/aromatic N) is 3. The predicted molar refractivity (Wildman–Crippen MR) is 95.4 cm³/mol. The number of benzene rings is 2. The first-order chi connectivity index (χ1) is 11.1. The summed E-state index contributed by atoms with van der Waals surface area (Å²) in [7, 11) is 0. The third-order valence-corrected chi connectivity index (χ3v) is 4.94. The molecule has 3 rings (SSSR count). The van der Waals surface area contributed by atoms with Gasteiger partial charge in [0.15, 0.2) is 10.3 Å². The van der Waals surface area contributed by atoms with Crippen LogP contribution in [0.3, 0.4) is 0 Å². The standard InChI is InChI=1S/C17H14ClN3S2/c1-11-3-7-13(8-4-11)22-16-19-15(18)20-17(21-16)23-14-9-5-12(2)6-10-14/h3-10H,1-2H3. The molecule has 116 valence electrons. The number of hydrogen-bond donors (Lipinski definition) is 0. The van der Waals surface area contributed by atoms with E-state index in [1.165, 1.54) is 34.7 Å². The molecule has 0 spiro atoms. The average molecular weight is 360 g/mol. The van der Waals surface area contributed by atoms with Crippen LogP contribution in [0.5, 0.6) is 0 Å². The number of hydrogen-bond acceptors (Lipinski definition) is 5. The van der Waals surface area contributed by atoms with Gasteiger partial charge in [0.2, 0.25) is 5.28 Å². The SMILES string of the molecule is Cc1ccc(Sc2nc(Cl)nc(Sc3ccc(C)cc3)n2)cc1. The molecule has 1 heterocycles. The topological polar surface area (TPSA) is 38.7 Å². The summed E-state index contributed by atoms with van der Waals surface area (Å²) >= 11 is 9.00. The van der Waals surface area contributed by atoms with Gasteiger partial charge in [-0.15, -0.1) is 0 Å². The maximum absolute atomic E-state index is 6.04. The Bertz CT molecular complexity index is 739. The van der Waals surface area contributed by atoms with Crippen molar-refractivity contribution in [1.82, 2.24) is 15.0 Å². The lowest BCUT2D eigenvalue weighted by molar-refractivity contribution is 0.801. The van der Waals surface area contributed by atoms with Crippen molar-refractivity contribution < 1.29 is 0 Å². The molecule has 23 heavy (non-hydrogen) atoms. The van der Waals surface area contributed by atoms with Crippen molar-refractivity contribution in [3.63, 3.8) is 0 Å². The quantitative estimate of drug-likeness (QED) is 0.619. The van der Waals surface area contributed by atoms with Crippen molar-refractivity contribution in [3.05, 3.63) is 64.9 Å². The molecule has 0 aliphatic rings. The molecule has 0 unspecified atom stereocenters. The second-order valence-corrected chi connectivity index (χ2v) is 7.42. The Morgan fingerprint density at radius 2 is 1.04 bits per heavy atom. The predicted octanol–water partition coefficient (Wildman–Crippen LogP) is 5.44. The monoisotopic (exact) mass is 359 g/mol. The number of rotatable bonds is 4. The highest BCUT2D eigenvalue weighted by Crippen LogP contribution is 2.30. The van der Waals surface area contributed by atoms with Crippen LogP contribution in [0.2, 0.25) is 5.28 Å². The summed E-state index contributed by atoms with van der Waals surface area (Å²) in [6.45, 7) is 4.12. The summed E-state index contributed by atoms with van der Waals surface area (Å²) in [5, 5.41) is 1.41. The van der Waals surface area contributed by atoms with E-state index in [2.05, 4.69) is 53.1 Å². The van der Waals surface area contributed by atoms with Gasteiger partial charge in [-0.1, -0.05) is 35.4 Å². The van der Waals surface area contributed by atoms with Gasteiger partial charge in [-0.25, -0.2) is 0 Å². The number of halogens is 1. The normalized spacial score (nSPS) is 10.7. The highest BCUT2D eigenvalue weighted by Gasteiger charge is 2.08. The summed E-state index contributed by atoms with van der Waals surface area (Å²) in [5.41, 5.74) is 2.44. The van der Waals surface area contributed by atoms with Crippen LogP contribution in [0, 0.1) is 13.8 Å². The molecular formula is C17H14ClN3S2. The van der Waals surface area contributed by atoms with Crippen LogP contribution < -0.4 is 0 Å². The van der Waals surface area contributed by atoms with E-state index in [1.54, 1.807) is 0 Å². The second-order valence-electron chi connectivity index (χ2n) is 5.00. The van der Waals surface area contributed by atoms with Crippen molar-refractivity contribution in [2.75, 3.05) is 0 Å². The summed E-state index contributed by atoms with van der Waals surface area (Å²) in [6.07, 6.45) is 0. The molecule has 3 aromatic rings. The van der Waals surface area contributed by atoms with Crippen LogP contribution in [0.25, 0.3) is 0 Å². The molecule has 1 aromatic heterocycles. The van der Waals surface area contributed by atoms with E-state index in [4.69, 9.17) is 11.6 Å². The van der Waals surface area contributed by atoms with Gasteiger partial charge in [0.25, 0.3) is 0 Å². The lowest BCUT2D eigenvalue weighted by atomic mass is 10.2. The van der Waals surface area contributed by atoms with Crippen LogP contribution in [0.4, 0.5) is 0 Å². The Morgan fingerprint density at radius 3 is 1.43 bits per heavy atom. The minimum absolute atomic E-state index is 0.212. The molecule has 0 atom stereocenters. The zero-order chi connectivity index (χ0) is 16.2. The molecule has 0 bridgehead atoms. The van der Waals surface area contributed by atoms with Gasteiger partial charge < -0.3 is 0 Å². The minimum atomic E-state index is 0.212. The fourth-order valence-corrected chi connectivity index (χ4v) is 3.64. The highest BCUT2D eigenvalue weighted by atomic mass is 35.5. The molecule has 3 nitrogen and oxygen atoms in total. The zero-order valence-corrected chi connectivity index (χ0v) is 15.0. The van der Waals surface area contributed by atoms with Crippen molar-refractivity contribution in [1.29, 1.82) is 0 Å². The van der Waals surface area contributed by atoms with Gasteiger partial charge in [-0.05, 0) is 73.2 Å². The van der Waals surface area contributed by atoms with Gasteiger partial charge in [-0.3, -0.25) is 0 Å². The summed E-state index contributed by atoms with van der Waals surface area (Å²) in [6, 6.07) is 16.4. The minimum Gasteiger partial charge on any atom is -0.196 e. The van der Waals surface area contributed by atoms with Crippen molar-refractivity contribution in [2.45, 2.75) is 34.0 Å². The molecule has 0 radical (unpaired) electrons. The first-order valence-corrected chi connectivity index (χ1v) is 9.00. The Kier molecular flexibility index (Phi) is 5.20. The van der Waals surface area contributed by atoms with E-state index in [9.17, 15) is 0 Å². The van der Waals surface area contributed by atoms with E-state index in [0.717, 1.165) is 9.79 Å². The van der Waals surface area contributed by atoms with Gasteiger partial charge in [-0.2, -0.15) is 15.0 Å².